The summed E-state index contributed by atoms with van der Waals surface area (Å²) in [7, 11) is 0. The van der Waals surface area contributed by atoms with Crippen molar-refractivity contribution in [3.63, 3.8) is 0 Å². The molecule has 0 amide bonds. The van der Waals surface area contributed by atoms with Crippen LogP contribution in [0.5, 0.6) is 0 Å². The number of furan rings is 1. The summed E-state index contributed by atoms with van der Waals surface area (Å²) in [5, 5.41) is 4.69. The third kappa shape index (κ3) is 3.68. The number of hydrogen-bond acceptors (Lipinski definition) is 4. The average molecular weight is 264 g/mol. The van der Waals surface area contributed by atoms with E-state index in [9.17, 15) is 0 Å². The van der Waals surface area contributed by atoms with Crippen molar-refractivity contribution in [1.82, 2.24) is 10.3 Å². The summed E-state index contributed by atoms with van der Waals surface area (Å²) in [5.74, 6) is 1.06. The van der Waals surface area contributed by atoms with Crippen LogP contribution in [0.15, 0.2) is 22.8 Å². The van der Waals surface area contributed by atoms with Gasteiger partial charge in [0.15, 0.2) is 0 Å². The van der Waals surface area contributed by atoms with E-state index in [2.05, 4.69) is 31.1 Å². The van der Waals surface area contributed by atoms with Gasteiger partial charge in [0.2, 0.25) is 0 Å². The van der Waals surface area contributed by atoms with Gasteiger partial charge in [-0.3, -0.25) is 0 Å². The molecule has 3 nitrogen and oxygen atoms in total. The molecule has 0 bridgehead atoms. The monoisotopic (exact) mass is 264 g/mol. The molecule has 0 aliphatic carbocycles. The van der Waals surface area contributed by atoms with Crippen LogP contribution in [0.25, 0.3) is 0 Å². The van der Waals surface area contributed by atoms with Crippen molar-refractivity contribution < 1.29 is 4.42 Å². The van der Waals surface area contributed by atoms with Gasteiger partial charge in [0.25, 0.3) is 0 Å². The minimum Gasteiger partial charge on any atom is -0.469 e. The molecular weight excluding hydrogens is 244 g/mol. The van der Waals surface area contributed by atoms with Gasteiger partial charge < -0.3 is 9.73 Å². The zero-order valence-corrected chi connectivity index (χ0v) is 12.0. The molecule has 2 heterocycles. The lowest BCUT2D eigenvalue weighted by atomic mass is 10.1. The van der Waals surface area contributed by atoms with Crippen LogP contribution in [0.4, 0.5) is 0 Å². The second-order valence-electron chi connectivity index (χ2n) is 4.64. The molecule has 0 radical (unpaired) electrons. The molecule has 1 N–H and O–H groups in total. The first kappa shape index (κ1) is 13.3. The third-order valence-electron chi connectivity index (χ3n) is 3.01. The van der Waals surface area contributed by atoms with E-state index in [1.54, 1.807) is 17.6 Å². The number of thiazole rings is 1. The first-order valence-electron chi connectivity index (χ1n) is 6.34. The number of aromatic nitrogens is 1. The van der Waals surface area contributed by atoms with E-state index in [1.807, 2.05) is 12.1 Å². The predicted molar refractivity (Wildman–Crippen MR) is 74.9 cm³/mol. The smallest absolute Gasteiger partial charge is 0.103 e. The number of rotatable bonds is 6. The molecule has 0 aromatic carbocycles. The minimum absolute atomic E-state index is 0.483. The van der Waals surface area contributed by atoms with E-state index in [0.29, 0.717) is 6.04 Å². The van der Waals surface area contributed by atoms with Crippen molar-refractivity contribution in [3.05, 3.63) is 39.7 Å². The Morgan fingerprint density at radius 1 is 1.44 bits per heavy atom. The highest BCUT2D eigenvalue weighted by Crippen LogP contribution is 2.17. The molecule has 0 fully saturated rings. The van der Waals surface area contributed by atoms with Crippen LogP contribution in [-0.4, -0.2) is 11.0 Å². The van der Waals surface area contributed by atoms with E-state index in [0.717, 1.165) is 35.8 Å². The lowest BCUT2D eigenvalue weighted by molar-refractivity contribution is 0.460. The zero-order chi connectivity index (χ0) is 13.0. The quantitative estimate of drug-likeness (QED) is 0.868. The third-order valence-corrected chi connectivity index (χ3v) is 4.09. The summed E-state index contributed by atoms with van der Waals surface area (Å²) in [6, 6.07) is 4.46. The SMILES string of the molecule is Cc1nc(C)c(CNC(C)CCc2ccco2)s1. The van der Waals surface area contributed by atoms with E-state index >= 15 is 0 Å². The highest BCUT2D eigenvalue weighted by Gasteiger charge is 2.07. The number of nitrogens with one attached hydrogen (secondary N) is 1. The van der Waals surface area contributed by atoms with Gasteiger partial charge in [-0.2, -0.15) is 0 Å². The molecule has 4 heteroatoms. The topological polar surface area (TPSA) is 38.1 Å². The highest BCUT2D eigenvalue weighted by molar-refractivity contribution is 7.11. The Bertz CT molecular complexity index is 476. The molecule has 1 atom stereocenters. The lowest BCUT2D eigenvalue weighted by Gasteiger charge is -2.12. The fraction of sp³-hybridized carbons (Fsp3) is 0.500. The van der Waals surface area contributed by atoms with Crippen molar-refractivity contribution in [2.24, 2.45) is 0 Å². The van der Waals surface area contributed by atoms with Gasteiger partial charge in [-0.25, -0.2) is 4.98 Å². The molecule has 98 valence electrons. The van der Waals surface area contributed by atoms with E-state index in [1.165, 1.54) is 4.88 Å². The summed E-state index contributed by atoms with van der Waals surface area (Å²) in [4.78, 5) is 5.78. The maximum atomic E-state index is 5.33. The van der Waals surface area contributed by atoms with Crippen molar-refractivity contribution in [1.29, 1.82) is 0 Å². The molecule has 1 unspecified atom stereocenters. The fourth-order valence-electron chi connectivity index (χ4n) is 1.92. The van der Waals surface area contributed by atoms with Crippen LogP contribution in [-0.2, 0) is 13.0 Å². The van der Waals surface area contributed by atoms with E-state index in [4.69, 9.17) is 4.42 Å². The number of hydrogen-bond donors (Lipinski definition) is 1. The van der Waals surface area contributed by atoms with Crippen molar-refractivity contribution in [3.8, 4) is 0 Å². The molecule has 2 aromatic heterocycles. The number of aryl methyl sites for hydroxylation is 3. The molecule has 0 aliphatic heterocycles. The van der Waals surface area contributed by atoms with Gasteiger partial charge in [-0.15, -0.1) is 11.3 Å². The summed E-state index contributed by atoms with van der Waals surface area (Å²) in [6.45, 7) is 7.26. The van der Waals surface area contributed by atoms with E-state index < -0.39 is 0 Å². The zero-order valence-electron chi connectivity index (χ0n) is 11.2. The van der Waals surface area contributed by atoms with Gasteiger partial charge in [0, 0.05) is 23.9 Å². The Kier molecular flexibility index (Phi) is 4.55. The Balaban J connectivity index is 1.74. The van der Waals surface area contributed by atoms with Gasteiger partial charge >= 0.3 is 0 Å². The van der Waals surface area contributed by atoms with Crippen molar-refractivity contribution in [2.75, 3.05) is 0 Å². The molecule has 0 aliphatic rings. The largest absolute Gasteiger partial charge is 0.469 e. The molecule has 0 saturated carbocycles. The maximum Gasteiger partial charge on any atom is 0.103 e. The van der Waals surface area contributed by atoms with Gasteiger partial charge in [0.1, 0.15) is 5.76 Å². The van der Waals surface area contributed by atoms with E-state index in [-0.39, 0.29) is 0 Å². The predicted octanol–water partition coefficient (Wildman–Crippen LogP) is 3.46. The van der Waals surface area contributed by atoms with Crippen molar-refractivity contribution in [2.45, 2.75) is 46.2 Å². The second kappa shape index (κ2) is 6.16. The first-order chi connectivity index (χ1) is 8.65. The molecule has 18 heavy (non-hydrogen) atoms. The van der Waals surface area contributed by atoms with Gasteiger partial charge in [-0.1, -0.05) is 0 Å². The average Bonchev–Trinajstić information content (AvgIpc) is 2.94. The normalized spacial score (nSPS) is 12.8. The second-order valence-corrected chi connectivity index (χ2v) is 5.93. The first-order valence-corrected chi connectivity index (χ1v) is 7.15. The lowest BCUT2D eigenvalue weighted by Crippen LogP contribution is -2.25. The summed E-state index contributed by atoms with van der Waals surface area (Å²) in [6.07, 6.45) is 3.81. The van der Waals surface area contributed by atoms with Crippen molar-refractivity contribution >= 4 is 11.3 Å². The standard InChI is InChI=1S/C14H20N2OS/c1-10(6-7-13-5-4-8-17-13)15-9-14-11(2)16-12(3)18-14/h4-5,8,10,15H,6-7,9H2,1-3H3. The molecule has 2 rings (SSSR count). The van der Waals surface area contributed by atoms with Crippen LogP contribution >= 0.6 is 11.3 Å². The van der Waals surface area contributed by atoms with Gasteiger partial charge in [0.05, 0.1) is 17.0 Å². The maximum absolute atomic E-state index is 5.33. The van der Waals surface area contributed by atoms with Gasteiger partial charge in [-0.05, 0) is 39.3 Å². The Morgan fingerprint density at radius 3 is 2.89 bits per heavy atom. The van der Waals surface area contributed by atoms with Crippen LogP contribution in [0.3, 0.4) is 0 Å². The van der Waals surface area contributed by atoms with Crippen LogP contribution in [0.1, 0.15) is 34.7 Å². The highest BCUT2D eigenvalue weighted by atomic mass is 32.1. The fourth-order valence-corrected chi connectivity index (χ4v) is 2.81. The Morgan fingerprint density at radius 2 is 2.28 bits per heavy atom. The number of nitrogens with zero attached hydrogens (tertiary/aromatic N) is 1. The summed E-state index contributed by atoms with van der Waals surface area (Å²) >= 11 is 1.78. The summed E-state index contributed by atoms with van der Waals surface area (Å²) < 4.78 is 5.33. The van der Waals surface area contributed by atoms with Crippen LogP contribution in [0, 0.1) is 13.8 Å². The molecule has 0 spiro atoms. The Labute approximate surface area is 112 Å². The minimum atomic E-state index is 0.483. The molecule has 0 saturated heterocycles. The van der Waals surface area contributed by atoms with Crippen LogP contribution < -0.4 is 5.32 Å². The molecular formula is C14H20N2OS. The Hall–Kier alpha value is -1.13. The van der Waals surface area contributed by atoms with Crippen LogP contribution in [0.2, 0.25) is 0 Å². The molecule has 2 aromatic rings. The summed E-state index contributed by atoms with van der Waals surface area (Å²) in [5.41, 5.74) is 1.16.